The van der Waals surface area contributed by atoms with Crippen LogP contribution in [0.15, 0.2) is 40.3 Å². The van der Waals surface area contributed by atoms with E-state index in [0.717, 1.165) is 22.8 Å². The fourth-order valence-corrected chi connectivity index (χ4v) is 2.36. The summed E-state index contributed by atoms with van der Waals surface area (Å²) in [6.45, 7) is 12.3. The zero-order valence-electron chi connectivity index (χ0n) is 16.1. The minimum Gasteiger partial charge on any atom is -0.465 e. The maximum Gasteiger partial charge on any atom is 0.337 e. The van der Waals surface area contributed by atoms with Gasteiger partial charge in [0.2, 0.25) is 0 Å². The summed E-state index contributed by atoms with van der Waals surface area (Å²) >= 11 is 0. The van der Waals surface area contributed by atoms with Crippen LogP contribution in [0.2, 0.25) is 0 Å². The van der Waals surface area contributed by atoms with Crippen LogP contribution in [-0.2, 0) is 4.74 Å². The highest BCUT2D eigenvalue weighted by molar-refractivity contribution is 6.51. The molecule has 25 heavy (non-hydrogen) atoms. The standard InChI is InChI=1S/C20H27N3O2/c1-19(2,3)22-16-12-15(21-17(16)23-20(4,5)6)13-8-10-14(11-9-13)18(24)25-7/h8-12H,1-7H3,(H,21,22,23). The summed E-state index contributed by atoms with van der Waals surface area (Å²) in [5.41, 5.74) is 2.84. The van der Waals surface area contributed by atoms with Gasteiger partial charge in [0.25, 0.3) is 0 Å². The molecule has 5 nitrogen and oxygen atoms in total. The number of carbonyl (C=O) groups is 1. The molecule has 1 aromatic rings. The van der Waals surface area contributed by atoms with Gasteiger partial charge in [-0.1, -0.05) is 12.1 Å². The minimum atomic E-state index is -0.343. The van der Waals surface area contributed by atoms with E-state index in [2.05, 4.69) is 46.9 Å². The molecular formula is C20H27N3O2. The van der Waals surface area contributed by atoms with Gasteiger partial charge in [-0.3, -0.25) is 9.98 Å². The minimum absolute atomic E-state index is 0.198. The first kappa shape index (κ1) is 18.9. The lowest BCUT2D eigenvalue weighted by molar-refractivity contribution is 0.0600. The number of benzene rings is 1. The number of esters is 1. The van der Waals surface area contributed by atoms with Gasteiger partial charge < -0.3 is 10.1 Å². The Hall–Kier alpha value is -2.43. The molecule has 1 heterocycles. The molecular weight excluding hydrogens is 314 g/mol. The molecule has 0 aliphatic carbocycles. The third-order valence-corrected chi connectivity index (χ3v) is 3.30. The zero-order valence-corrected chi connectivity index (χ0v) is 16.1. The summed E-state index contributed by atoms with van der Waals surface area (Å²) in [6, 6.07) is 7.28. The normalized spacial score (nSPS) is 18.3. The van der Waals surface area contributed by atoms with E-state index in [1.807, 2.05) is 18.2 Å². The highest BCUT2D eigenvalue weighted by Crippen LogP contribution is 2.21. The van der Waals surface area contributed by atoms with Crippen LogP contribution in [0, 0.1) is 0 Å². The van der Waals surface area contributed by atoms with Crippen molar-refractivity contribution < 1.29 is 9.53 Å². The molecule has 1 aliphatic rings. The summed E-state index contributed by atoms with van der Waals surface area (Å²) < 4.78 is 4.74. The van der Waals surface area contributed by atoms with Gasteiger partial charge in [0, 0.05) is 5.70 Å². The number of rotatable bonds is 2. The van der Waals surface area contributed by atoms with Gasteiger partial charge in [0.15, 0.2) is 5.84 Å². The number of hydrogen-bond donors (Lipinski definition) is 1. The third-order valence-electron chi connectivity index (χ3n) is 3.30. The van der Waals surface area contributed by atoms with Crippen LogP contribution in [0.4, 0.5) is 0 Å². The van der Waals surface area contributed by atoms with E-state index in [4.69, 9.17) is 14.7 Å². The van der Waals surface area contributed by atoms with Crippen molar-refractivity contribution in [3.05, 3.63) is 41.5 Å². The van der Waals surface area contributed by atoms with E-state index in [9.17, 15) is 4.79 Å². The SMILES string of the molecule is COC(=O)c1ccc(C2=CC(=NC(C)(C)C)C(=NC(C)(C)C)N2)cc1. The number of hydrogen-bond acceptors (Lipinski definition) is 4. The van der Waals surface area contributed by atoms with Crippen LogP contribution in [0.1, 0.15) is 57.5 Å². The van der Waals surface area contributed by atoms with Crippen LogP contribution in [0.5, 0.6) is 0 Å². The van der Waals surface area contributed by atoms with Gasteiger partial charge in [-0.05, 0) is 65.3 Å². The van der Waals surface area contributed by atoms with Gasteiger partial charge in [-0.15, -0.1) is 0 Å². The molecule has 0 amide bonds. The molecule has 0 spiro atoms. The van der Waals surface area contributed by atoms with E-state index in [1.165, 1.54) is 7.11 Å². The van der Waals surface area contributed by atoms with E-state index in [1.54, 1.807) is 12.1 Å². The number of nitrogens with one attached hydrogen (secondary N) is 1. The number of aliphatic imine (C=N–C) groups is 2. The maximum absolute atomic E-state index is 11.6. The molecule has 0 saturated carbocycles. The topological polar surface area (TPSA) is 63.0 Å². The summed E-state index contributed by atoms with van der Waals surface area (Å²) in [4.78, 5) is 21.1. The second-order valence-electron chi connectivity index (χ2n) is 8.05. The third kappa shape index (κ3) is 5.28. The lowest BCUT2D eigenvalue weighted by atomic mass is 10.1. The molecule has 0 saturated heterocycles. The first-order valence-electron chi connectivity index (χ1n) is 8.36. The number of nitrogens with zero attached hydrogens (tertiary/aromatic N) is 2. The molecule has 134 valence electrons. The molecule has 0 radical (unpaired) electrons. The molecule has 0 aromatic heterocycles. The Kier molecular flexibility index (Phi) is 5.16. The van der Waals surface area contributed by atoms with Crippen molar-refractivity contribution in [3.8, 4) is 0 Å². The smallest absolute Gasteiger partial charge is 0.337 e. The van der Waals surface area contributed by atoms with Gasteiger partial charge in [0.05, 0.1) is 23.8 Å². The van der Waals surface area contributed by atoms with Gasteiger partial charge >= 0.3 is 5.97 Å². The summed E-state index contributed by atoms with van der Waals surface area (Å²) in [5, 5.41) is 3.36. The van der Waals surface area contributed by atoms with E-state index < -0.39 is 0 Å². The summed E-state index contributed by atoms with van der Waals surface area (Å²) in [5.74, 6) is 0.430. The van der Waals surface area contributed by atoms with Crippen LogP contribution in [0.3, 0.4) is 0 Å². The fourth-order valence-electron chi connectivity index (χ4n) is 2.36. The lowest BCUT2D eigenvalue weighted by Crippen LogP contribution is -2.28. The average molecular weight is 341 g/mol. The Labute approximate surface area is 149 Å². The van der Waals surface area contributed by atoms with Crippen molar-refractivity contribution in [1.82, 2.24) is 5.32 Å². The second kappa shape index (κ2) is 6.82. The first-order valence-corrected chi connectivity index (χ1v) is 8.36. The van der Waals surface area contributed by atoms with E-state index in [0.29, 0.717) is 5.56 Å². The summed E-state index contributed by atoms with van der Waals surface area (Å²) in [7, 11) is 1.38. The Morgan fingerprint density at radius 3 is 2.00 bits per heavy atom. The van der Waals surface area contributed by atoms with E-state index >= 15 is 0 Å². The molecule has 1 aliphatic heterocycles. The Bertz CT molecular complexity index is 743. The zero-order chi connectivity index (χ0) is 18.8. The number of carbonyl (C=O) groups excluding carboxylic acids is 1. The summed E-state index contributed by atoms with van der Waals surface area (Å²) in [6.07, 6.45) is 2.00. The Morgan fingerprint density at radius 1 is 0.960 bits per heavy atom. The van der Waals surface area contributed by atoms with Crippen LogP contribution >= 0.6 is 0 Å². The maximum atomic E-state index is 11.6. The van der Waals surface area contributed by atoms with Gasteiger partial charge in [0.1, 0.15) is 5.71 Å². The number of methoxy groups -OCH3 is 1. The second-order valence-corrected chi connectivity index (χ2v) is 8.05. The molecule has 0 atom stereocenters. The van der Waals surface area contributed by atoms with Crippen LogP contribution in [-0.4, -0.2) is 35.7 Å². The fraction of sp³-hybridized carbons (Fsp3) is 0.450. The van der Waals surface area contributed by atoms with E-state index in [-0.39, 0.29) is 17.0 Å². The Balaban J connectivity index is 2.39. The van der Waals surface area contributed by atoms with Crippen LogP contribution in [0.25, 0.3) is 5.70 Å². The molecule has 1 N–H and O–H groups in total. The Morgan fingerprint density at radius 2 is 1.52 bits per heavy atom. The largest absolute Gasteiger partial charge is 0.465 e. The van der Waals surface area contributed by atoms with Crippen molar-refractivity contribution in [1.29, 1.82) is 0 Å². The quantitative estimate of drug-likeness (QED) is 0.831. The first-order chi connectivity index (χ1) is 11.5. The highest BCUT2D eigenvalue weighted by Gasteiger charge is 2.23. The number of ether oxygens (including phenoxy) is 1. The predicted octanol–water partition coefficient (Wildman–Crippen LogP) is 3.85. The van der Waals surface area contributed by atoms with Gasteiger partial charge in [-0.25, -0.2) is 4.79 Å². The molecule has 0 fully saturated rings. The lowest BCUT2D eigenvalue weighted by Gasteiger charge is -2.17. The monoisotopic (exact) mass is 341 g/mol. The molecule has 0 unspecified atom stereocenters. The van der Waals surface area contributed by atoms with Crippen molar-refractivity contribution in [2.24, 2.45) is 9.98 Å². The molecule has 5 heteroatoms. The average Bonchev–Trinajstić information content (AvgIpc) is 2.85. The van der Waals surface area contributed by atoms with Gasteiger partial charge in [-0.2, -0.15) is 0 Å². The molecule has 1 aromatic carbocycles. The van der Waals surface area contributed by atoms with Crippen molar-refractivity contribution >= 4 is 23.2 Å². The van der Waals surface area contributed by atoms with Crippen molar-refractivity contribution in [3.63, 3.8) is 0 Å². The molecule has 0 bridgehead atoms. The van der Waals surface area contributed by atoms with Crippen LogP contribution < -0.4 is 5.32 Å². The predicted molar refractivity (Wildman–Crippen MR) is 103 cm³/mol. The highest BCUT2D eigenvalue weighted by atomic mass is 16.5. The molecule has 2 rings (SSSR count). The number of amidine groups is 1. The van der Waals surface area contributed by atoms with Crippen molar-refractivity contribution in [2.75, 3.05) is 7.11 Å². The van der Waals surface area contributed by atoms with Crippen molar-refractivity contribution in [2.45, 2.75) is 52.6 Å².